The van der Waals surface area contributed by atoms with Crippen LogP contribution in [-0.2, 0) is 90.6 Å². The maximum Gasteiger partial charge on any atom is 0.377 e. The van der Waals surface area contributed by atoms with Gasteiger partial charge in [0.05, 0.1) is 39.6 Å². The first-order chi connectivity index (χ1) is 57.3. The van der Waals surface area contributed by atoms with Crippen molar-refractivity contribution in [3.05, 3.63) is 0 Å². The Morgan fingerprint density at radius 3 is 0.984 bits per heavy atom. The minimum atomic E-state index is -3.45. The Hall–Kier alpha value is -6.36. The summed E-state index contributed by atoms with van der Waals surface area (Å²) in [4.78, 5) is 108. The number of ether oxygens (including phenoxy) is 9. The van der Waals surface area contributed by atoms with Gasteiger partial charge in [-0.05, 0) is 222 Å². The Kier molecular flexibility index (Phi) is 44.3. The van der Waals surface area contributed by atoms with E-state index < -0.39 is 124 Å². The van der Waals surface area contributed by atoms with Gasteiger partial charge in [-0.3, -0.25) is 4.79 Å². The predicted molar refractivity (Wildman–Crippen MR) is 420 cm³/mol. The van der Waals surface area contributed by atoms with E-state index in [0.29, 0.717) is 112 Å². The molecular formula is C88H134F18O19. The zero-order chi connectivity index (χ0) is 95.3. The Morgan fingerprint density at radius 1 is 0.352 bits per heavy atom. The van der Waals surface area contributed by atoms with E-state index >= 15 is 0 Å². The van der Waals surface area contributed by atoms with Crippen LogP contribution >= 0.6 is 0 Å². The van der Waals surface area contributed by atoms with Crippen LogP contribution in [0.1, 0.15) is 321 Å². The highest BCUT2D eigenvalue weighted by Crippen LogP contribution is 2.61. The van der Waals surface area contributed by atoms with Gasteiger partial charge in [-0.15, -0.1) is 0 Å². The van der Waals surface area contributed by atoms with Crippen molar-refractivity contribution in [1.82, 2.24) is 0 Å². The fourth-order valence-electron chi connectivity index (χ4n) is 18.9. The van der Waals surface area contributed by atoms with E-state index in [4.69, 9.17) is 14.2 Å². The van der Waals surface area contributed by atoms with Gasteiger partial charge in [0.2, 0.25) is 0 Å². The molecule has 0 radical (unpaired) electrons. The third-order valence-corrected chi connectivity index (χ3v) is 23.7. The normalized spacial score (nSPS) is 26.4. The summed E-state index contributed by atoms with van der Waals surface area (Å²) in [6.45, 7) is 12.1. The molecule has 0 amide bonds. The van der Waals surface area contributed by atoms with E-state index in [-0.39, 0.29) is 61.5 Å². The van der Waals surface area contributed by atoms with E-state index in [2.05, 4.69) is 35.3 Å². The van der Waals surface area contributed by atoms with Crippen molar-refractivity contribution in [1.29, 1.82) is 0 Å². The van der Waals surface area contributed by atoms with E-state index in [1.54, 1.807) is 0 Å². The van der Waals surface area contributed by atoms with Crippen LogP contribution in [0, 0.1) is 64.6 Å². The molecule has 0 N–H and O–H groups in total. The Labute approximate surface area is 722 Å². The summed E-state index contributed by atoms with van der Waals surface area (Å²) in [6.07, 6.45) is 35.8. The fraction of sp³-hybridized carbons (Fsp3) is 0.886. The predicted octanol–water partition coefficient (Wildman–Crippen LogP) is 22.5. The molecule has 2 atom stereocenters. The van der Waals surface area contributed by atoms with E-state index in [1.807, 2.05) is 0 Å². The van der Waals surface area contributed by atoms with Crippen molar-refractivity contribution in [2.45, 2.75) is 398 Å². The first-order valence-corrected chi connectivity index (χ1v) is 43.9. The summed E-state index contributed by atoms with van der Waals surface area (Å²) in [7, 11) is 0.916. The monoisotopic (exact) mass is 1840 g/mol. The van der Waals surface area contributed by atoms with Crippen molar-refractivity contribution >= 4 is 59.5 Å². The Bertz CT molecular complexity index is 3280. The number of rotatable bonds is 28. The lowest BCUT2D eigenvalue weighted by atomic mass is 9.50. The van der Waals surface area contributed by atoms with Crippen LogP contribution in [0.25, 0.3) is 0 Å². The lowest BCUT2D eigenvalue weighted by molar-refractivity contribution is -0.208. The lowest BCUT2D eigenvalue weighted by Gasteiger charge is -2.56. The molecule has 0 saturated heterocycles. The average molecular weight is 1840 g/mol. The van der Waals surface area contributed by atoms with Crippen LogP contribution in [0.2, 0.25) is 0 Å². The Morgan fingerprint density at radius 2 is 0.664 bits per heavy atom. The number of esters is 9. The topological polar surface area (TPSA) is 254 Å². The maximum atomic E-state index is 12.9. The molecule has 125 heavy (non-hydrogen) atoms. The summed E-state index contributed by atoms with van der Waals surface area (Å²) >= 11 is 0. The highest BCUT2D eigenvalue weighted by atomic mass is 19.3. The van der Waals surface area contributed by atoms with Crippen LogP contribution in [0.15, 0.2) is 0 Å². The number of ketones is 1. The van der Waals surface area contributed by atoms with Crippen molar-refractivity contribution in [3.8, 4) is 0 Å². The molecule has 0 aromatic carbocycles. The van der Waals surface area contributed by atoms with Gasteiger partial charge < -0.3 is 42.6 Å². The van der Waals surface area contributed by atoms with Crippen molar-refractivity contribution in [3.63, 3.8) is 0 Å². The van der Waals surface area contributed by atoms with Gasteiger partial charge in [-0.2, -0.15) is 79.0 Å². The first kappa shape index (κ1) is 113. The number of methoxy groups -OCH3 is 1. The molecule has 14 aliphatic carbocycles. The van der Waals surface area contributed by atoms with Crippen LogP contribution in [0.5, 0.6) is 0 Å². The van der Waals surface area contributed by atoms with E-state index in [9.17, 15) is 127 Å². The number of hydrogen-bond donors (Lipinski definition) is 0. The highest BCUT2D eigenvalue weighted by Gasteiger charge is 2.60. The summed E-state index contributed by atoms with van der Waals surface area (Å²) < 4.78 is 264. The molecule has 0 aromatic rings. The summed E-state index contributed by atoms with van der Waals surface area (Å²) in [5.41, 5.74) is -1.32. The number of carbonyl (C=O) groups is 10. The molecule has 0 spiro atoms. The van der Waals surface area contributed by atoms with Crippen molar-refractivity contribution in [2.75, 3.05) is 33.5 Å². The molecule has 0 aromatic heterocycles. The maximum absolute atomic E-state index is 12.9. The third kappa shape index (κ3) is 41.5. The smallest absolute Gasteiger partial charge is 0.377 e. The Balaban J connectivity index is 0.000000368. The van der Waals surface area contributed by atoms with Gasteiger partial charge in [0.15, 0.2) is 0 Å². The largest absolute Gasteiger partial charge is 0.465 e. The second kappa shape index (κ2) is 49.0. The molecule has 2 unspecified atom stereocenters. The van der Waals surface area contributed by atoms with E-state index in [1.165, 1.54) is 104 Å². The quantitative estimate of drug-likeness (QED) is 0.0305. The van der Waals surface area contributed by atoms with Crippen LogP contribution in [0.4, 0.5) is 79.0 Å². The van der Waals surface area contributed by atoms with Crippen molar-refractivity contribution in [2.24, 2.45) is 64.6 Å². The summed E-state index contributed by atoms with van der Waals surface area (Å²) in [6, 6.07) is 0. The number of Topliss-reactive ketones (excluding diaryl/α,β-unsaturated/α-hetero) is 1. The molecule has 14 saturated carbocycles. The van der Waals surface area contributed by atoms with Gasteiger partial charge in [-0.25, -0.2) is 43.2 Å². The molecule has 14 aliphatic rings. The number of hydrogen-bond acceptors (Lipinski definition) is 19. The van der Waals surface area contributed by atoms with Gasteiger partial charge >= 0.3 is 107 Å². The third-order valence-electron chi connectivity index (χ3n) is 23.7. The number of unbranched alkanes of at least 4 members (excludes halogenated alkanes) is 8. The summed E-state index contributed by atoms with van der Waals surface area (Å²) in [5, 5.41) is 0. The van der Waals surface area contributed by atoms with E-state index in [0.717, 1.165) is 147 Å². The lowest BCUT2D eigenvalue weighted by Crippen LogP contribution is -2.57. The molecule has 14 rings (SSSR count). The van der Waals surface area contributed by atoms with Crippen LogP contribution in [-0.4, -0.2) is 170 Å². The van der Waals surface area contributed by atoms with Crippen LogP contribution < -0.4 is 0 Å². The zero-order valence-electron chi connectivity index (χ0n) is 74.8. The standard InChI is InChI=1S/C14H20F2O2.C14H26F2O2.C13H16F2O3.C13H18F2O2.C10H16F2O2.C9H14F2O2.C6H10F2O2.C5H8F2O2.C4H6F2O2/c1-13(15,16)12(17)18-8-14-5-9-2-10(6-14)4-11(3-9)7-14;1-3-4-5-6-7-8-9-10-11-12-18-13(17)14(2,15)16;1-12(14,15)11(17)18-13-4-7-2-8(5-13)10(16)9(3-7)6-13;1-12(14,15)11(16)17-13-5-8-2-9(6-13)4-10(3-8)7-13;1-10(11,12)9(13)14-7-8-5-3-2-4-6-8;1-9(10,11)8(12)13-7-5-3-2-4-6-7;1-4(2)10-5(9)6(3,7)8;1-3-9-4(8)5(2,6)7;1-4(5,6)3(7)8-2/h9-11H,2-8H2,1H3;3-12H2,1-2H3;7-9H,2-6H2,1H3;8-10H,2-7H2,1H3;8H,2-7H2,1H3;7H,2-6H2,1H3;4H,1-3H3;3H2,1-2H3;1-2H3. The molecule has 14 fully saturated rings. The zero-order valence-corrected chi connectivity index (χ0v) is 74.8. The fourth-order valence-corrected chi connectivity index (χ4v) is 18.9. The number of alkyl halides is 18. The molecular weight excluding hydrogens is 1700 g/mol. The second-order valence-electron chi connectivity index (χ2n) is 37.2. The first-order valence-electron chi connectivity index (χ1n) is 43.9. The molecule has 0 heterocycles. The molecule has 0 aliphatic heterocycles. The number of carbonyl (C=O) groups excluding carboxylic acids is 10. The molecule has 37 heteroatoms. The minimum absolute atomic E-state index is 0.0116. The van der Waals surface area contributed by atoms with Crippen molar-refractivity contribution < 1.29 is 170 Å². The van der Waals surface area contributed by atoms with Crippen LogP contribution in [0.3, 0.4) is 0 Å². The minimum Gasteiger partial charge on any atom is -0.465 e. The summed E-state index contributed by atoms with van der Waals surface area (Å²) in [5.74, 6) is -38.3. The molecule has 19 nitrogen and oxygen atoms in total. The second-order valence-corrected chi connectivity index (χ2v) is 37.2. The molecule has 12 bridgehead atoms. The van der Waals surface area contributed by atoms with Gasteiger partial charge in [0, 0.05) is 79.6 Å². The SMILES string of the molecule is CC(C)OC(=O)C(C)(F)F.CC(F)(F)C(=O)OC12CC3CC(C1)C(=O)C(C3)C2.CC(F)(F)C(=O)OC12CC3CC(CC(C3)C1)C2.CC(F)(F)C(=O)OC1CCCCC1.CC(F)(F)C(=O)OCC12CC3CC(CC(C3)C1)C2.CC(F)(F)C(=O)OCC1CCCCC1.CCCCCCCCCCCOC(=O)C(C)(F)F.CCOC(=O)C(C)(F)F.COC(=O)C(C)(F)F. The van der Waals surface area contributed by atoms with Gasteiger partial charge in [0.1, 0.15) is 23.1 Å². The molecule has 726 valence electrons. The van der Waals surface area contributed by atoms with Gasteiger partial charge in [0.25, 0.3) is 0 Å². The highest BCUT2D eigenvalue weighted by molar-refractivity contribution is 5.86. The number of halogens is 18. The van der Waals surface area contributed by atoms with Gasteiger partial charge in [-0.1, -0.05) is 84.0 Å². The average Bonchev–Trinajstić information content (AvgIpc) is 0.747.